The van der Waals surface area contributed by atoms with Gasteiger partial charge in [-0.25, -0.2) is 4.39 Å². The Bertz CT molecular complexity index is 520. The van der Waals surface area contributed by atoms with Gasteiger partial charge in [0.2, 0.25) is 0 Å². The van der Waals surface area contributed by atoms with E-state index in [9.17, 15) is 4.39 Å². The van der Waals surface area contributed by atoms with Crippen LogP contribution in [0, 0.1) is 5.82 Å². The molecule has 88 valence electrons. The van der Waals surface area contributed by atoms with E-state index in [1.165, 1.54) is 12.1 Å². The second-order valence-electron chi connectivity index (χ2n) is 3.59. The predicted octanol–water partition coefficient (Wildman–Crippen LogP) is 5.16. The van der Waals surface area contributed by atoms with Gasteiger partial charge in [0.25, 0.3) is 0 Å². The summed E-state index contributed by atoms with van der Waals surface area (Å²) in [5, 5.41) is 0.551. The average Bonchev–Trinajstić information content (AvgIpc) is 2.29. The van der Waals surface area contributed by atoms with Crippen LogP contribution in [0.4, 0.5) is 4.39 Å². The summed E-state index contributed by atoms with van der Waals surface area (Å²) in [5.41, 5.74) is 1.25. The van der Waals surface area contributed by atoms with E-state index < -0.39 is 4.33 Å². The van der Waals surface area contributed by atoms with Crippen molar-refractivity contribution in [3.05, 3.63) is 70.5 Å². The molecule has 0 aliphatic heterocycles. The summed E-state index contributed by atoms with van der Waals surface area (Å²) >= 11 is 18.5. The van der Waals surface area contributed by atoms with Gasteiger partial charge >= 0.3 is 0 Å². The lowest BCUT2D eigenvalue weighted by Crippen LogP contribution is -2.12. The highest BCUT2D eigenvalue weighted by Gasteiger charge is 2.29. The number of rotatable bonds is 2. The first kappa shape index (κ1) is 12.7. The minimum Gasteiger partial charge on any atom is -0.207 e. The van der Waals surface area contributed by atoms with Crippen molar-refractivity contribution in [2.24, 2.45) is 0 Å². The number of hydrogen-bond donors (Lipinski definition) is 0. The molecule has 0 unspecified atom stereocenters. The molecule has 0 amide bonds. The SMILES string of the molecule is Fc1ccc(C(Cl)(Cl)c2cccc(Cl)c2)cc1. The predicted molar refractivity (Wildman–Crippen MR) is 70.3 cm³/mol. The van der Waals surface area contributed by atoms with Crippen LogP contribution in [0.1, 0.15) is 11.1 Å². The molecule has 0 radical (unpaired) electrons. The van der Waals surface area contributed by atoms with E-state index in [-0.39, 0.29) is 5.82 Å². The van der Waals surface area contributed by atoms with Crippen molar-refractivity contribution in [3.63, 3.8) is 0 Å². The van der Waals surface area contributed by atoms with Crippen molar-refractivity contribution >= 4 is 34.8 Å². The maximum absolute atomic E-state index is 12.8. The van der Waals surface area contributed by atoms with E-state index in [0.717, 1.165) is 0 Å². The van der Waals surface area contributed by atoms with Gasteiger partial charge in [0.1, 0.15) is 5.82 Å². The molecule has 0 spiro atoms. The molecule has 2 rings (SSSR count). The molecule has 4 heteroatoms. The standard InChI is InChI=1S/C13H8Cl3F/c14-11-3-1-2-10(8-11)13(15,16)9-4-6-12(17)7-5-9/h1-8H. The van der Waals surface area contributed by atoms with Gasteiger partial charge < -0.3 is 0 Å². The van der Waals surface area contributed by atoms with Crippen molar-refractivity contribution in [2.45, 2.75) is 4.33 Å². The fourth-order valence-corrected chi connectivity index (χ4v) is 2.19. The first-order chi connectivity index (χ1) is 8.00. The van der Waals surface area contributed by atoms with Crippen molar-refractivity contribution in [3.8, 4) is 0 Å². The van der Waals surface area contributed by atoms with E-state index in [2.05, 4.69) is 0 Å². The quantitative estimate of drug-likeness (QED) is 0.670. The Kier molecular flexibility index (Phi) is 3.62. The number of hydrogen-bond acceptors (Lipinski definition) is 0. The molecule has 0 fully saturated rings. The molecule has 0 aliphatic carbocycles. The van der Waals surface area contributed by atoms with Gasteiger partial charge in [-0.1, -0.05) is 59.1 Å². The van der Waals surface area contributed by atoms with E-state index in [0.29, 0.717) is 16.1 Å². The van der Waals surface area contributed by atoms with Gasteiger partial charge in [-0.3, -0.25) is 0 Å². The first-order valence-electron chi connectivity index (χ1n) is 4.90. The zero-order chi connectivity index (χ0) is 12.5. The van der Waals surface area contributed by atoms with Crippen LogP contribution in [-0.4, -0.2) is 0 Å². The summed E-state index contributed by atoms with van der Waals surface area (Å²) in [4.78, 5) is 0. The number of alkyl halides is 2. The molecule has 0 nitrogen and oxygen atoms in total. The molecule has 0 N–H and O–H groups in total. The maximum Gasteiger partial charge on any atom is 0.168 e. The summed E-state index contributed by atoms with van der Waals surface area (Å²) in [5.74, 6) is -0.330. The molecule has 0 saturated heterocycles. The first-order valence-corrected chi connectivity index (χ1v) is 6.03. The molecule has 0 bridgehead atoms. The summed E-state index contributed by atoms with van der Waals surface area (Å²) in [6, 6.07) is 12.7. The number of halogens is 4. The Labute approximate surface area is 114 Å². The summed E-state index contributed by atoms with van der Waals surface area (Å²) in [6.45, 7) is 0. The minimum atomic E-state index is -1.24. The zero-order valence-corrected chi connectivity index (χ0v) is 10.9. The molecule has 0 saturated carbocycles. The van der Waals surface area contributed by atoms with Gasteiger partial charge in [-0.05, 0) is 35.4 Å². The lowest BCUT2D eigenvalue weighted by Gasteiger charge is -2.20. The van der Waals surface area contributed by atoms with Gasteiger partial charge in [-0.15, -0.1) is 0 Å². The van der Waals surface area contributed by atoms with Crippen LogP contribution in [0.5, 0.6) is 0 Å². The lowest BCUT2D eigenvalue weighted by molar-refractivity contribution is 0.627. The third-order valence-corrected chi connectivity index (χ3v) is 3.50. The second kappa shape index (κ2) is 4.85. The van der Waals surface area contributed by atoms with Gasteiger partial charge in [0, 0.05) is 5.02 Å². The van der Waals surface area contributed by atoms with Crippen LogP contribution in [0.25, 0.3) is 0 Å². The lowest BCUT2D eigenvalue weighted by atomic mass is 10.0. The topological polar surface area (TPSA) is 0 Å². The fraction of sp³-hybridized carbons (Fsp3) is 0.0769. The Morgan fingerprint density at radius 2 is 1.53 bits per heavy atom. The summed E-state index contributed by atoms with van der Waals surface area (Å²) < 4.78 is 11.6. The molecule has 0 heterocycles. The van der Waals surface area contributed by atoms with E-state index in [1.54, 1.807) is 36.4 Å². The van der Waals surface area contributed by atoms with Crippen molar-refractivity contribution in [1.29, 1.82) is 0 Å². The Morgan fingerprint density at radius 1 is 0.882 bits per heavy atom. The minimum absolute atomic E-state index is 0.330. The van der Waals surface area contributed by atoms with E-state index >= 15 is 0 Å². The molecule has 2 aromatic carbocycles. The monoisotopic (exact) mass is 288 g/mol. The van der Waals surface area contributed by atoms with Crippen LogP contribution in [-0.2, 0) is 4.33 Å². The Hall–Kier alpha value is -0.760. The smallest absolute Gasteiger partial charge is 0.168 e. The second-order valence-corrected chi connectivity index (χ2v) is 5.36. The zero-order valence-electron chi connectivity index (χ0n) is 8.63. The third kappa shape index (κ3) is 2.74. The van der Waals surface area contributed by atoms with Crippen molar-refractivity contribution in [2.75, 3.05) is 0 Å². The normalized spacial score (nSPS) is 11.5. The third-order valence-electron chi connectivity index (χ3n) is 2.39. The van der Waals surface area contributed by atoms with Crippen LogP contribution < -0.4 is 0 Å². The van der Waals surface area contributed by atoms with Crippen molar-refractivity contribution < 1.29 is 4.39 Å². The summed E-state index contributed by atoms with van der Waals surface area (Å²) in [7, 11) is 0. The maximum atomic E-state index is 12.8. The molecule has 0 atom stereocenters. The largest absolute Gasteiger partial charge is 0.207 e. The van der Waals surface area contributed by atoms with Crippen LogP contribution in [0.3, 0.4) is 0 Å². The average molecular weight is 290 g/mol. The van der Waals surface area contributed by atoms with Crippen LogP contribution >= 0.6 is 34.8 Å². The highest BCUT2D eigenvalue weighted by molar-refractivity contribution is 6.50. The Balaban J connectivity index is 2.45. The fourth-order valence-electron chi connectivity index (χ4n) is 1.51. The molecular weight excluding hydrogens is 282 g/mol. The van der Waals surface area contributed by atoms with Crippen LogP contribution in [0.2, 0.25) is 5.02 Å². The molecule has 2 aromatic rings. The highest BCUT2D eigenvalue weighted by Crippen LogP contribution is 2.41. The Morgan fingerprint density at radius 3 is 2.12 bits per heavy atom. The highest BCUT2D eigenvalue weighted by atomic mass is 35.5. The van der Waals surface area contributed by atoms with E-state index in [1.807, 2.05) is 0 Å². The number of benzene rings is 2. The van der Waals surface area contributed by atoms with Gasteiger partial charge in [-0.2, -0.15) is 0 Å². The van der Waals surface area contributed by atoms with Gasteiger partial charge in [0.05, 0.1) is 0 Å². The molecular formula is C13H8Cl3F. The van der Waals surface area contributed by atoms with Crippen molar-refractivity contribution in [1.82, 2.24) is 0 Å². The van der Waals surface area contributed by atoms with Crippen LogP contribution in [0.15, 0.2) is 48.5 Å². The van der Waals surface area contributed by atoms with Gasteiger partial charge in [0.15, 0.2) is 4.33 Å². The van der Waals surface area contributed by atoms with E-state index in [4.69, 9.17) is 34.8 Å². The molecule has 0 aliphatic rings. The molecule has 17 heavy (non-hydrogen) atoms. The molecule has 0 aromatic heterocycles. The summed E-state index contributed by atoms with van der Waals surface area (Å²) in [6.07, 6.45) is 0.